The average molecular weight is 256 g/mol. The molecule has 0 aliphatic rings. The van der Waals surface area contributed by atoms with Gasteiger partial charge in [-0.25, -0.2) is 0 Å². The van der Waals surface area contributed by atoms with Crippen LogP contribution in [0.4, 0.5) is 0 Å². The van der Waals surface area contributed by atoms with E-state index >= 15 is 0 Å². The summed E-state index contributed by atoms with van der Waals surface area (Å²) in [6, 6.07) is 12.3. The minimum absolute atomic E-state index is 0.691. The maximum Gasteiger partial charge on any atom is 0.119 e. The lowest BCUT2D eigenvalue weighted by Crippen LogP contribution is -2.11. The van der Waals surface area contributed by atoms with Crippen LogP contribution in [-0.4, -0.2) is 18.1 Å². The van der Waals surface area contributed by atoms with Crippen molar-refractivity contribution in [3.8, 4) is 5.75 Å². The Kier molecular flexibility index (Phi) is 5.38. The summed E-state index contributed by atoms with van der Waals surface area (Å²) in [6.45, 7) is 4.70. The molecule has 0 radical (unpaired) electrons. The summed E-state index contributed by atoms with van der Waals surface area (Å²) in [6.07, 6.45) is 4.53. The zero-order valence-corrected chi connectivity index (χ0v) is 11.3. The Bertz CT molecular complexity index is 468. The fraction of sp³-hybridized carbons (Fsp3) is 0.312. The summed E-state index contributed by atoms with van der Waals surface area (Å²) in [5.74, 6) is 0.925. The summed E-state index contributed by atoms with van der Waals surface area (Å²) in [5, 5.41) is 3.30. The van der Waals surface area contributed by atoms with Gasteiger partial charge in [0, 0.05) is 25.4 Å². The topological polar surface area (TPSA) is 34.1 Å². The molecule has 1 aromatic carbocycles. The van der Waals surface area contributed by atoms with Crippen LogP contribution < -0.4 is 10.1 Å². The van der Waals surface area contributed by atoms with Crippen LogP contribution in [0, 0.1) is 0 Å². The van der Waals surface area contributed by atoms with Gasteiger partial charge in [0.15, 0.2) is 0 Å². The van der Waals surface area contributed by atoms with Crippen molar-refractivity contribution in [2.75, 3.05) is 13.2 Å². The van der Waals surface area contributed by atoms with Crippen molar-refractivity contribution < 1.29 is 4.74 Å². The number of aromatic nitrogens is 1. The number of rotatable bonds is 7. The highest BCUT2D eigenvalue weighted by molar-refractivity contribution is 5.27. The van der Waals surface area contributed by atoms with Crippen LogP contribution in [0.3, 0.4) is 0 Å². The fourth-order valence-electron chi connectivity index (χ4n) is 1.81. The normalized spacial score (nSPS) is 10.4. The van der Waals surface area contributed by atoms with E-state index in [2.05, 4.69) is 29.4 Å². The van der Waals surface area contributed by atoms with Crippen LogP contribution in [0.5, 0.6) is 5.75 Å². The number of hydrogen-bond donors (Lipinski definition) is 1. The second-order valence-electron chi connectivity index (χ2n) is 4.38. The van der Waals surface area contributed by atoms with Gasteiger partial charge in [-0.1, -0.05) is 19.1 Å². The molecule has 0 unspecified atom stereocenters. The Labute approximate surface area is 114 Å². The first-order valence-electron chi connectivity index (χ1n) is 6.70. The zero-order chi connectivity index (χ0) is 13.3. The lowest BCUT2D eigenvalue weighted by atomic mass is 10.2. The Hall–Kier alpha value is -1.87. The van der Waals surface area contributed by atoms with E-state index in [0.29, 0.717) is 6.61 Å². The van der Waals surface area contributed by atoms with Gasteiger partial charge < -0.3 is 10.1 Å². The van der Waals surface area contributed by atoms with Crippen molar-refractivity contribution in [2.45, 2.75) is 19.9 Å². The molecule has 3 nitrogen and oxygen atoms in total. The number of nitrogens with zero attached hydrogens (tertiary/aromatic N) is 1. The molecule has 0 spiro atoms. The first-order chi connectivity index (χ1) is 9.38. The predicted molar refractivity (Wildman–Crippen MR) is 77.3 cm³/mol. The quantitative estimate of drug-likeness (QED) is 0.827. The van der Waals surface area contributed by atoms with E-state index < -0.39 is 0 Å². The Morgan fingerprint density at radius 2 is 1.74 bits per heavy atom. The van der Waals surface area contributed by atoms with Gasteiger partial charge in [-0.15, -0.1) is 0 Å². The van der Waals surface area contributed by atoms with E-state index in [9.17, 15) is 0 Å². The van der Waals surface area contributed by atoms with Gasteiger partial charge in [0.25, 0.3) is 0 Å². The molecule has 0 saturated carbocycles. The number of pyridine rings is 1. The molecule has 0 bridgehead atoms. The van der Waals surface area contributed by atoms with Gasteiger partial charge in [-0.05, 0) is 41.9 Å². The maximum atomic E-state index is 5.73. The molecular formula is C16H20N2O. The summed E-state index contributed by atoms with van der Waals surface area (Å²) in [7, 11) is 0. The van der Waals surface area contributed by atoms with Crippen molar-refractivity contribution in [1.29, 1.82) is 0 Å². The monoisotopic (exact) mass is 256 g/mol. The molecule has 0 saturated heterocycles. The highest BCUT2D eigenvalue weighted by atomic mass is 16.5. The van der Waals surface area contributed by atoms with Gasteiger partial charge in [0.1, 0.15) is 5.75 Å². The highest BCUT2D eigenvalue weighted by Gasteiger charge is 1.96. The van der Waals surface area contributed by atoms with E-state index in [1.54, 1.807) is 0 Å². The van der Waals surface area contributed by atoms with Crippen molar-refractivity contribution in [3.63, 3.8) is 0 Å². The van der Waals surface area contributed by atoms with Crippen LogP contribution in [0.1, 0.15) is 18.1 Å². The lowest BCUT2D eigenvalue weighted by molar-refractivity contribution is 0.322. The number of benzene rings is 1. The van der Waals surface area contributed by atoms with Crippen molar-refractivity contribution in [2.24, 2.45) is 0 Å². The SMILES string of the molecule is CCNCc1ccc(OCCc2ccncc2)cc1. The maximum absolute atomic E-state index is 5.73. The summed E-state index contributed by atoms with van der Waals surface area (Å²) >= 11 is 0. The smallest absolute Gasteiger partial charge is 0.119 e. The number of hydrogen-bond acceptors (Lipinski definition) is 3. The number of nitrogens with one attached hydrogen (secondary N) is 1. The molecule has 0 aliphatic carbocycles. The van der Waals surface area contributed by atoms with Crippen molar-refractivity contribution in [3.05, 3.63) is 59.9 Å². The fourth-order valence-corrected chi connectivity index (χ4v) is 1.81. The van der Waals surface area contributed by atoms with Crippen molar-refractivity contribution in [1.82, 2.24) is 10.3 Å². The third kappa shape index (κ3) is 4.72. The molecule has 100 valence electrons. The van der Waals surface area contributed by atoms with E-state index in [4.69, 9.17) is 4.74 Å². The van der Waals surface area contributed by atoms with E-state index in [1.807, 2.05) is 36.7 Å². The molecular weight excluding hydrogens is 236 g/mol. The third-order valence-electron chi connectivity index (χ3n) is 2.91. The number of ether oxygens (including phenoxy) is 1. The molecule has 19 heavy (non-hydrogen) atoms. The van der Waals surface area contributed by atoms with Crippen LogP contribution in [0.15, 0.2) is 48.8 Å². The lowest BCUT2D eigenvalue weighted by Gasteiger charge is -2.07. The molecule has 2 rings (SSSR count). The van der Waals surface area contributed by atoms with Crippen molar-refractivity contribution >= 4 is 0 Å². The van der Waals surface area contributed by atoms with E-state index in [-0.39, 0.29) is 0 Å². The summed E-state index contributed by atoms with van der Waals surface area (Å²) in [4.78, 5) is 4.00. The Balaban J connectivity index is 1.77. The third-order valence-corrected chi connectivity index (χ3v) is 2.91. The second-order valence-corrected chi connectivity index (χ2v) is 4.38. The van der Waals surface area contributed by atoms with Gasteiger partial charge in [-0.3, -0.25) is 4.98 Å². The molecule has 1 heterocycles. The molecule has 0 amide bonds. The Morgan fingerprint density at radius 3 is 2.42 bits per heavy atom. The summed E-state index contributed by atoms with van der Waals surface area (Å²) in [5.41, 5.74) is 2.53. The van der Waals surface area contributed by atoms with Gasteiger partial charge >= 0.3 is 0 Å². The first-order valence-corrected chi connectivity index (χ1v) is 6.70. The van der Waals surface area contributed by atoms with E-state index in [0.717, 1.165) is 25.3 Å². The van der Waals surface area contributed by atoms with Crippen LogP contribution in [0.25, 0.3) is 0 Å². The average Bonchev–Trinajstić information content (AvgIpc) is 2.47. The molecule has 1 aromatic heterocycles. The highest BCUT2D eigenvalue weighted by Crippen LogP contribution is 2.12. The predicted octanol–water partition coefficient (Wildman–Crippen LogP) is 2.81. The minimum atomic E-state index is 0.691. The Morgan fingerprint density at radius 1 is 1.00 bits per heavy atom. The first kappa shape index (κ1) is 13.6. The van der Waals surface area contributed by atoms with Gasteiger partial charge in [-0.2, -0.15) is 0 Å². The zero-order valence-electron chi connectivity index (χ0n) is 11.3. The standard InChI is InChI=1S/C16H20N2O/c1-2-17-13-15-3-5-16(6-4-15)19-12-9-14-7-10-18-11-8-14/h3-8,10-11,17H,2,9,12-13H2,1H3. The molecule has 0 atom stereocenters. The van der Waals surface area contributed by atoms with Gasteiger partial charge in [0.05, 0.1) is 6.61 Å². The molecule has 0 aliphatic heterocycles. The molecule has 3 heteroatoms. The minimum Gasteiger partial charge on any atom is -0.493 e. The van der Waals surface area contributed by atoms with Crippen LogP contribution >= 0.6 is 0 Å². The van der Waals surface area contributed by atoms with E-state index in [1.165, 1.54) is 11.1 Å². The summed E-state index contributed by atoms with van der Waals surface area (Å²) < 4.78 is 5.73. The van der Waals surface area contributed by atoms with Crippen LogP contribution in [-0.2, 0) is 13.0 Å². The largest absolute Gasteiger partial charge is 0.493 e. The molecule has 2 aromatic rings. The molecule has 1 N–H and O–H groups in total. The second kappa shape index (κ2) is 7.54. The van der Waals surface area contributed by atoms with Gasteiger partial charge in [0.2, 0.25) is 0 Å². The molecule has 0 fully saturated rings. The van der Waals surface area contributed by atoms with Crippen LogP contribution in [0.2, 0.25) is 0 Å².